The number of methoxy groups -OCH3 is 2. The number of nitrogens with one attached hydrogen (secondary N) is 1. The van der Waals surface area contributed by atoms with Crippen LogP contribution in [0.2, 0.25) is 0 Å². The summed E-state index contributed by atoms with van der Waals surface area (Å²) in [6.45, 7) is 0.517. The highest BCUT2D eigenvalue weighted by atomic mass is 32.2. The standard InChI is InChI=1S/C23H26N2O4S2/c1-28-18-5-7-22(29-2)20(11-18)23-16(13-24-17-8-9-31(26,27)14-17)10-15-4-6-19(30-3)12-21(15)25-23/h4-7,10-12,17,24H,8-9,13-14H2,1-3H3. The predicted octanol–water partition coefficient (Wildman–Crippen LogP) is 3.92. The van der Waals surface area contributed by atoms with E-state index in [1.165, 1.54) is 0 Å². The Morgan fingerprint density at radius 3 is 2.65 bits per heavy atom. The third-order valence-electron chi connectivity index (χ3n) is 5.58. The molecule has 1 unspecified atom stereocenters. The van der Waals surface area contributed by atoms with Gasteiger partial charge in [-0.05, 0) is 54.6 Å². The first-order valence-electron chi connectivity index (χ1n) is 10.1. The Morgan fingerprint density at radius 2 is 1.97 bits per heavy atom. The molecule has 3 aromatic rings. The Bertz CT molecular complexity index is 1210. The van der Waals surface area contributed by atoms with Crippen LogP contribution in [0.4, 0.5) is 0 Å². The van der Waals surface area contributed by atoms with Gasteiger partial charge in [0.2, 0.25) is 0 Å². The molecule has 31 heavy (non-hydrogen) atoms. The zero-order valence-electron chi connectivity index (χ0n) is 17.8. The predicted molar refractivity (Wildman–Crippen MR) is 126 cm³/mol. The summed E-state index contributed by atoms with van der Waals surface area (Å²) in [4.78, 5) is 6.15. The molecule has 4 rings (SSSR count). The lowest BCUT2D eigenvalue weighted by molar-refractivity contribution is 0.404. The van der Waals surface area contributed by atoms with E-state index in [-0.39, 0.29) is 17.5 Å². The van der Waals surface area contributed by atoms with Crippen LogP contribution < -0.4 is 14.8 Å². The number of hydrogen-bond acceptors (Lipinski definition) is 7. The van der Waals surface area contributed by atoms with Gasteiger partial charge < -0.3 is 14.8 Å². The van der Waals surface area contributed by atoms with Gasteiger partial charge in [0.1, 0.15) is 11.5 Å². The molecule has 1 aliphatic heterocycles. The van der Waals surface area contributed by atoms with Crippen LogP contribution >= 0.6 is 11.8 Å². The number of thioether (sulfide) groups is 1. The van der Waals surface area contributed by atoms with Crippen LogP contribution in [0.1, 0.15) is 12.0 Å². The maximum atomic E-state index is 11.8. The van der Waals surface area contributed by atoms with Crippen LogP contribution in [0.15, 0.2) is 47.4 Å². The number of hydrogen-bond donors (Lipinski definition) is 1. The van der Waals surface area contributed by atoms with E-state index in [0.717, 1.165) is 38.4 Å². The summed E-state index contributed by atoms with van der Waals surface area (Å²) >= 11 is 1.68. The van der Waals surface area contributed by atoms with E-state index in [9.17, 15) is 8.42 Å². The average Bonchev–Trinajstić information content (AvgIpc) is 3.14. The lowest BCUT2D eigenvalue weighted by Crippen LogP contribution is -2.29. The van der Waals surface area contributed by atoms with E-state index < -0.39 is 9.84 Å². The molecule has 0 saturated carbocycles. The lowest BCUT2D eigenvalue weighted by atomic mass is 10.0. The van der Waals surface area contributed by atoms with Crippen molar-refractivity contribution in [2.75, 3.05) is 32.0 Å². The molecule has 164 valence electrons. The normalized spacial score (nSPS) is 17.7. The van der Waals surface area contributed by atoms with Crippen LogP contribution in [0.25, 0.3) is 22.2 Å². The second kappa shape index (κ2) is 9.06. The van der Waals surface area contributed by atoms with Gasteiger partial charge >= 0.3 is 0 Å². The molecule has 0 radical (unpaired) electrons. The molecule has 6 nitrogen and oxygen atoms in total. The lowest BCUT2D eigenvalue weighted by Gasteiger charge is -2.17. The largest absolute Gasteiger partial charge is 0.497 e. The zero-order chi connectivity index (χ0) is 22.0. The number of ether oxygens (including phenoxy) is 2. The topological polar surface area (TPSA) is 77.5 Å². The number of rotatable bonds is 7. The van der Waals surface area contributed by atoms with Gasteiger partial charge in [-0.15, -0.1) is 11.8 Å². The van der Waals surface area contributed by atoms with Crippen molar-refractivity contribution < 1.29 is 17.9 Å². The number of pyridine rings is 1. The third kappa shape index (κ3) is 4.81. The molecule has 1 fully saturated rings. The molecule has 1 aliphatic rings. The van der Waals surface area contributed by atoms with Gasteiger partial charge in [-0.1, -0.05) is 6.07 Å². The SMILES string of the molecule is COc1ccc(OC)c(-c2nc3cc(SC)ccc3cc2CNC2CCS(=O)(=O)C2)c1. The Labute approximate surface area is 187 Å². The Balaban J connectivity index is 1.80. The fraction of sp³-hybridized carbons (Fsp3) is 0.348. The summed E-state index contributed by atoms with van der Waals surface area (Å²) in [7, 11) is 0.329. The molecule has 0 amide bonds. The second-order valence-electron chi connectivity index (χ2n) is 7.60. The van der Waals surface area contributed by atoms with Gasteiger partial charge in [-0.3, -0.25) is 0 Å². The molecule has 1 N–H and O–H groups in total. The molecule has 1 aromatic heterocycles. The molecule has 1 saturated heterocycles. The molecule has 8 heteroatoms. The fourth-order valence-corrected chi connectivity index (χ4v) is 6.04. The summed E-state index contributed by atoms with van der Waals surface area (Å²) in [5.41, 5.74) is 3.53. The van der Waals surface area contributed by atoms with Gasteiger partial charge in [0, 0.05) is 28.4 Å². The maximum absolute atomic E-state index is 11.8. The smallest absolute Gasteiger partial charge is 0.151 e. The van der Waals surface area contributed by atoms with E-state index in [1.54, 1.807) is 26.0 Å². The van der Waals surface area contributed by atoms with Crippen LogP contribution in [0.3, 0.4) is 0 Å². The minimum Gasteiger partial charge on any atom is -0.497 e. The summed E-state index contributed by atoms with van der Waals surface area (Å²) in [6, 6.07) is 14.0. The van der Waals surface area contributed by atoms with Crippen LogP contribution in [0.5, 0.6) is 11.5 Å². The second-order valence-corrected chi connectivity index (χ2v) is 10.7. The Kier molecular flexibility index (Phi) is 6.41. The molecular weight excluding hydrogens is 432 g/mol. The average molecular weight is 459 g/mol. The van der Waals surface area contributed by atoms with E-state index in [2.05, 4.69) is 29.6 Å². The molecule has 0 spiro atoms. The Hall–Kier alpha value is -2.29. The zero-order valence-corrected chi connectivity index (χ0v) is 19.5. The highest BCUT2D eigenvalue weighted by Crippen LogP contribution is 2.36. The van der Waals surface area contributed by atoms with Crippen molar-refractivity contribution in [1.82, 2.24) is 10.3 Å². The first kappa shape index (κ1) is 21.9. The van der Waals surface area contributed by atoms with Gasteiger partial charge in [0.15, 0.2) is 9.84 Å². The van der Waals surface area contributed by atoms with Gasteiger partial charge in [0.25, 0.3) is 0 Å². The highest BCUT2D eigenvalue weighted by Gasteiger charge is 2.27. The van der Waals surface area contributed by atoms with Crippen molar-refractivity contribution in [3.8, 4) is 22.8 Å². The first-order valence-corrected chi connectivity index (χ1v) is 13.1. The fourth-order valence-electron chi connectivity index (χ4n) is 3.90. The highest BCUT2D eigenvalue weighted by molar-refractivity contribution is 7.98. The van der Waals surface area contributed by atoms with Gasteiger partial charge in [0.05, 0.1) is 36.9 Å². The number of aromatic nitrogens is 1. The molecule has 1 atom stereocenters. The third-order valence-corrected chi connectivity index (χ3v) is 8.07. The van der Waals surface area contributed by atoms with Gasteiger partial charge in [-0.25, -0.2) is 13.4 Å². The monoisotopic (exact) mass is 458 g/mol. The summed E-state index contributed by atoms with van der Waals surface area (Å²) in [5.74, 6) is 1.85. The number of sulfone groups is 1. The van der Waals surface area contributed by atoms with Crippen molar-refractivity contribution in [2.24, 2.45) is 0 Å². The minimum atomic E-state index is -2.94. The van der Waals surface area contributed by atoms with Crippen molar-refractivity contribution in [3.05, 3.63) is 48.0 Å². The molecule has 2 heterocycles. The van der Waals surface area contributed by atoms with Crippen LogP contribution in [-0.2, 0) is 16.4 Å². The number of fused-ring (bicyclic) bond motifs is 1. The Morgan fingerprint density at radius 1 is 1.13 bits per heavy atom. The number of nitrogens with zero attached hydrogens (tertiary/aromatic N) is 1. The molecule has 2 aromatic carbocycles. The first-order chi connectivity index (χ1) is 14.9. The molecular formula is C23H26N2O4S2. The van der Waals surface area contributed by atoms with Crippen molar-refractivity contribution in [3.63, 3.8) is 0 Å². The van der Waals surface area contributed by atoms with E-state index in [0.29, 0.717) is 18.7 Å². The summed E-state index contributed by atoms with van der Waals surface area (Å²) in [5, 5.41) is 4.46. The van der Waals surface area contributed by atoms with E-state index in [4.69, 9.17) is 14.5 Å². The van der Waals surface area contributed by atoms with Crippen LogP contribution in [0, 0.1) is 0 Å². The van der Waals surface area contributed by atoms with Crippen molar-refractivity contribution >= 4 is 32.5 Å². The summed E-state index contributed by atoms with van der Waals surface area (Å²) in [6.07, 6.45) is 2.68. The molecule has 0 bridgehead atoms. The maximum Gasteiger partial charge on any atom is 0.151 e. The van der Waals surface area contributed by atoms with Gasteiger partial charge in [-0.2, -0.15) is 0 Å². The number of benzene rings is 2. The minimum absolute atomic E-state index is 0.0420. The van der Waals surface area contributed by atoms with E-state index >= 15 is 0 Å². The van der Waals surface area contributed by atoms with E-state index in [1.807, 2.05) is 24.5 Å². The van der Waals surface area contributed by atoms with Crippen molar-refractivity contribution in [1.29, 1.82) is 0 Å². The van der Waals surface area contributed by atoms with Crippen LogP contribution in [-0.4, -0.2) is 51.4 Å². The molecule has 0 aliphatic carbocycles. The van der Waals surface area contributed by atoms with Crippen molar-refractivity contribution in [2.45, 2.75) is 23.9 Å². The summed E-state index contributed by atoms with van der Waals surface area (Å²) < 4.78 is 34.7. The quantitative estimate of drug-likeness (QED) is 0.538.